The summed E-state index contributed by atoms with van der Waals surface area (Å²) in [7, 11) is 3.53. The van der Waals surface area contributed by atoms with Crippen LogP contribution in [0.5, 0.6) is 0 Å². The number of fused-ring (bicyclic) bond motifs is 1. The zero-order valence-corrected chi connectivity index (χ0v) is 21.5. The number of amides is 1. The molecule has 6 rings (SSSR count). The molecule has 7 heteroatoms. The van der Waals surface area contributed by atoms with Gasteiger partial charge in [-0.05, 0) is 73.4 Å². The number of nitrogens with zero attached hydrogens (tertiary/aromatic N) is 6. The zero-order chi connectivity index (χ0) is 25.4. The average molecular weight is 493 g/mol. The maximum absolute atomic E-state index is 12.2. The molecule has 1 saturated heterocycles. The lowest BCUT2D eigenvalue weighted by atomic mass is 10.0. The summed E-state index contributed by atoms with van der Waals surface area (Å²) in [5, 5.41) is 1.18. The third-order valence-electron chi connectivity index (χ3n) is 7.36. The second-order valence-electron chi connectivity index (χ2n) is 10.4. The molecule has 0 N–H and O–H groups in total. The van der Waals surface area contributed by atoms with Gasteiger partial charge < -0.3 is 9.80 Å². The molecule has 4 heterocycles. The first-order chi connectivity index (χ1) is 18.1. The number of rotatable bonds is 6. The fraction of sp³-hybridized carbons (Fsp3) is 0.367. The molecule has 4 aromatic rings. The number of piperidine rings is 1. The second-order valence-corrected chi connectivity index (χ2v) is 10.4. The predicted octanol–water partition coefficient (Wildman–Crippen LogP) is 5.25. The third kappa shape index (κ3) is 4.90. The smallest absolute Gasteiger partial charge is 0.253 e. The van der Waals surface area contributed by atoms with Crippen molar-refractivity contribution in [1.29, 1.82) is 0 Å². The first kappa shape index (κ1) is 23.5. The van der Waals surface area contributed by atoms with Crippen LogP contribution in [0, 0.1) is 0 Å². The van der Waals surface area contributed by atoms with E-state index in [0.717, 1.165) is 47.1 Å². The number of aromatic nitrogens is 4. The molecule has 0 bridgehead atoms. The number of pyridine rings is 2. The van der Waals surface area contributed by atoms with Gasteiger partial charge in [0.2, 0.25) is 0 Å². The quantitative estimate of drug-likeness (QED) is 0.366. The van der Waals surface area contributed by atoms with Crippen molar-refractivity contribution in [2.45, 2.75) is 44.4 Å². The molecule has 3 aromatic heterocycles. The Morgan fingerprint density at radius 2 is 1.78 bits per heavy atom. The molecule has 1 aliphatic carbocycles. The van der Waals surface area contributed by atoms with E-state index in [0.29, 0.717) is 17.9 Å². The molecule has 0 atom stereocenters. The molecule has 7 nitrogen and oxygen atoms in total. The minimum atomic E-state index is 0.00367. The lowest BCUT2D eigenvalue weighted by molar-refractivity contribution is 0.0827. The van der Waals surface area contributed by atoms with Crippen LogP contribution in [0.2, 0.25) is 0 Å². The first-order valence-corrected chi connectivity index (χ1v) is 13.2. The minimum absolute atomic E-state index is 0.00367. The SMILES string of the molecule is CN(C)C(=O)c1ccc(Cc2cc(-c3nc(N4CCCCC4)c4c(C5CC5)cncc4n3)ccn2)cc1. The van der Waals surface area contributed by atoms with Gasteiger partial charge in [-0.15, -0.1) is 0 Å². The van der Waals surface area contributed by atoms with Gasteiger partial charge in [0.25, 0.3) is 5.91 Å². The molecule has 1 aromatic carbocycles. The monoisotopic (exact) mass is 492 g/mol. The fourth-order valence-electron chi connectivity index (χ4n) is 5.20. The van der Waals surface area contributed by atoms with E-state index in [1.165, 1.54) is 43.1 Å². The molecule has 0 spiro atoms. The highest BCUT2D eigenvalue weighted by atomic mass is 16.2. The lowest BCUT2D eigenvalue weighted by Gasteiger charge is -2.29. The Kier molecular flexibility index (Phi) is 6.28. The standard InChI is InChI=1S/C30H32N6O/c1-35(2)30(37)22-8-6-20(7-9-22)16-24-17-23(12-13-32-24)28-33-26-19-31-18-25(21-10-11-21)27(26)29(34-28)36-14-4-3-5-15-36/h6-9,12-13,17-19,21H,3-5,10-11,14-16H2,1-2H3. The van der Waals surface area contributed by atoms with Gasteiger partial charge in [-0.2, -0.15) is 0 Å². The Labute approximate surface area is 217 Å². The number of benzene rings is 1. The first-order valence-electron chi connectivity index (χ1n) is 13.2. The Morgan fingerprint density at radius 1 is 1.00 bits per heavy atom. The number of hydrogen-bond acceptors (Lipinski definition) is 6. The third-order valence-corrected chi connectivity index (χ3v) is 7.36. The van der Waals surface area contributed by atoms with E-state index >= 15 is 0 Å². The number of carbonyl (C=O) groups is 1. The maximum Gasteiger partial charge on any atom is 0.253 e. The molecule has 2 fully saturated rings. The van der Waals surface area contributed by atoms with Crippen molar-refractivity contribution >= 4 is 22.6 Å². The Bertz CT molecular complexity index is 1440. The summed E-state index contributed by atoms with van der Waals surface area (Å²) in [6, 6.07) is 11.8. The Hall–Kier alpha value is -3.87. The van der Waals surface area contributed by atoms with Crippen molar-refractivity contribution in [1.82, 2.24) is 24.8 Å². The van der Waals surface area contributed by atoms with Gasteiger partial charge in [0.05, 0.1) is 11.7 Å². The minimum Gasteiger partial charge on any atom is -0.356 e. The highest BCUT2D eigenvalue weighted by molar-refractivity contribution is 5.94. The van der Waals surface area contributed by atoms with Crippen LogP contribution in [0.4, 0.5) is 5.82 Å². The highest BCUT2D eigenvalue weighted by Gasteiger charge is 2.29. The molecule has 1 saturated carbocycles. The van der Waals surface area contributed by atoms with Gasteiger partial charge >= 0.3 is 0 Å². The summed E-state index contributed by atoms with van der Waals surface area (Å²) >= 11 is 0. The van der Waals surface area contributed by atoms with Gasteiger partial charge in [0.15, 0.2) is 5.82 Å². The topological polar surface area (TPSA) is 75.1 Å². The largest absolute Gasteiger partial charge is 0.356 e. The lowest BCUT2D eigenvalue weighted by Crippen LogP contribution is -2.30. The molecule has 188 valence electrons. The van der Waals surface area contributed by atoms with Crippen molar-refractivity contribution in [3.8, 4) is 11.4 Å². The van der Waals surface area contributed by atoms with E-state index in [-0.39, 0.29) is 5.91 Å². The predicted molar refractivity (Wildman–Crippen MR) is 146 cm³/mol. The summed E-state index contributed by atoms with van der Waals surface area (Å²) in [5.41, 5.74) is 5.92. The number of hydrogen-bond donors (Lipinski definition) is 0. The zero-order valence-electron chi connectivity index (χ0n) is 21.5. The van der Waals surface area contributed by atoms with Crippen LogP contribution in [0.1, 0.15) is 65.2 Å². The van der Waals surface area contributed by atoms with Crippen molar-refractivity contribution in [2.24, 2.45) is 0 Å². The molecular weight excluding hydrogens is 460 g/mol. The van der Waals surface area contributed by atoms with Crippen LogP contribution >= 0.6 is 0 Å². The summed E-state index contributed by atoms with van der Waals surface area (Å²) in [6.07, 6.45) is 12.5. The van der Waals surface area contributed by atoms with E-state index < -0.39 is 0 Å². The van der Waals surface area contributed by atoms with Gasteiger partial charge in [-0.3, -0.25) is 14.8 Å². The number of anilines is 1. The van der Waals surface area contributed by atoms with Crippen LogP contribution in [0.25, 0.3) is 22.3 Å². The van der Waals surface area contributed by atoms with Crippen molar-refractivity contribution in [2.75, 3.05) is 32.1 Å². The van der Waals surface area contributed by atoms with Gasteiger partial charge in [0, 0.05) is 68.2 Å². The van der Waals surface area contributed by atoms with Gasteiger partial charge in [-0.1, -0.05) is 12.1 Å². The summed E-state index contributed by atoms with van der Waals surface area (Å²) in [6.45, 7) is 2.07. The van der Waals surface area contributed by atoms with E-state index in [1.54, 1.807) is 19.0 Å². The highest BCUT2D eigenvalue weighted by Crippen LogP contribution is 2.45. The second kappa shape index (κ2) is 9.88. The maximum atomic E-state index is 12.2. The molecule has 37 heavy (non-hydrogen) atoms. The van der Waals surface area contributed by atoms with Gasteiger partial charge in [-0.25, -0.2) is 9.97 Å². The van der Waals surface area contributed by atoms with Crippen LogP contribution in [0.3, 0.4) is 0 Å². The van der Waals surface area contributed by atoms with Crippen LogP contribution < -0.4 is 4.90 Å². The molecule has 2 aliphatic rings. The summed E-state index contributed by atoms with van der Waals surface area (Å²) < 4.78 is 0. The molecule has 0 unspecified atom stereocenters. The molecule has 0 radical (unpaired) electrons. The van der Waals surface area contributed by atoms with Gasteiger partial charge in [0.1, 0.15) is 5.82 Å². The molecular formula is C30H32N6O. The summed E-state index contributed by atoms with van der Waals surface area (Å²) in [4.78, 5) is 35.6. The van der Waals surface area contributed by atoms with Crippen LogP contribution in [-0.4, -0.2) is 57.9 Å². The van der Waals surface area contributed by atoms with E-state index in [4.69, 9.17) is 9.97 Å². The molecule has 1 aliphatic heterocycles. The van der Waals surface area contributed by atoms with Crippen molar-refractivity contribution < 1.29 is 4.79 Å². The van der Waals surface area contributed by atoms with Crippen LogP contribution in [-0.2, 0) is 6.42 Å². The number of carbonyl (C=O) groups excluding carboxylic acids is 1. The van der Waals surface area contributed by atoms with Crippen molar-refractivity contribution in [3.63, 3.8) is 0 Å². The normalized spacial score (nSPS) is 15.7. The molecule has 1 amide bonds. The van der Waals surface area contributed by atoms with Crippen LogP contribution in [0.15, 0.2) is 55.0 Å². The van der Waals surface area contributed by atoms with E-state index in [9.17, 15) is 4.79 Å². The Balaban J connectivity index is 1.35. The summed E-state index contributed by atoms with van der Waals surface area (Å²) in [5.74, 6) is 2.37. The van der Waals surface area contributed by atoms with Crippen molar-refractivity contribution in [3.05, 3.63) is 77.4 Å². The van der Waals surface area contributed by atoms with E-state index in [1.807, 2.05) is 48.9 Å². The Morgan fingerprint density at radius 3 is 2.51 bits per heavy atom. The van der Waals surface area contributed by atoms with E-state index in [2.05, 4.69) is 20.9 Å². The average Bonchev–Trinajstić information content (AvgIpc) is 3.78. The fourth-order valence-corrected chi connectivity index (χ4v) is 5.20.